The lowest BCUT2D eigenvalue weighted by Crippen LogP contribution is -2.44. The van der Waals surface area contributed by atoms with Crippen molar-refractivity contribution in [3.8, 4) is 0 Å². The minimum absolute atomic E-state index is 0.178. The van der Waals surface area contributed by atoms with Gasteiger partial charge in [-0.05, 0) is 45.4 Å². The maximum Gasteiger partial charge on any atom is 0.416 e. The molecule has 1 unspecified atom stereocenters. The third-order valence-electron chi connectivity index (χ3n) is 2.77. The summed E-state index contributed by atoms with van der Waals surface area (Å²) in [5.41, 5.74) is -2.07. The van der Waals surface area contributed by atoms with Crippen LogP contribution in [0.15, 0.2) is 24.3 Å². The Morgan fingerprint density at radius 2 is 1.58 bits per heavy atom. The van der Waals surface area contributed by atoms with Gasteiger partial charge >= 0.3 is 6.18 Å². The second kappa shape index (κ2) is 5.13. The van der Waals surface area contributed by atoms with Gasteiger partial charge in [-0.3, -0.25) is 0 Å². The summed E-state index contributed by atoms with van der Waals surface area (Å²) < 4.78 is 37.9. The topological polar surface area (TPSA) is 32.3 Å². The molecule has 0 saturated heterocycles. The maximum atomic E-state index is 12.6. The predicted octanol–water partition coefficient (Wildman–Crippen LogP) is 3.30. The first-order valence-electron chi connectivity index (χ1n) is 6.07. The molecule has 0 fully saturated rings. The Kier molecular flexibility index (Phi) is 4.32. The maximum absolute atomic E-state index is 12.6. The van der Waals surface area contributed by atoms with E-state index < -0.39 is 17.3 Å². The van der Waals surface area contributed by atoms with E-state index in [2.05, 4.69) is 5.32 Å². The number of aliphatic hydroxyl groups is 1. The van der Waals surface area contributed by atoms with Crippen LogP contribution in [0, 0.1) is 0 Å². The first-order chi connectivity index (χ1) is 8.42. The lowest BCUT2D eigenvalue weighted by Gasteiger charge is -2.30. The van der Waals surface area contributed by atoms with Crippen LogP contribution >= 0.6 is 0 Å². The quantitative estimate of drug-likeness (QED) is 0.887. The molecule has 0 saturated carbocycles. The van der Waals surface area contributed by atoms with Crippen molar-refractivity contribution in [1.29, 1.82) is 0 Å². The zero-order chi connectivity index (χ0) is 14.9. The van der Waals surface area contributed by atoms with Gasteiger partial charge in [-0.1, -0.05) is 12.1 Å². The van der Waals surface area contributed by atoms with Crippen LogP contribution in [0.1, 0.15) is 38.8 Å². The van der Waals surface area contributed by atoms with Crippen LogP contribution in [0.2, 0.25) is 0 Å². The number of hydrogen-bond donors (Lipinski definition) is 2. The second-order valence-electron chi connectivity index (χ2n) is 5.96. The molecule has 0 heterocycles. The van der Waals surface area contributed by atoms with Crippen molar-refractivity contribution in [1.82, 2.24) is 5.32 Å². The summed E-state index contributed by atoms with van der Waals surface area (Å²) in [7, 11) is 0. The molecule has 0 radical (unpaired) electrons. The molecule has 1 aromatic rings. The first kappa shape index (κ1) is 16.0. The van der Waals surface area contributed by atoms with E-state index >= 15 is 0 Å². The van der Waals surface area contributed by atoms with Gasteiger partial charge in [0.25, 0.3) is 0 Å². The van der Waals surface area contributed by atoms with E-state index in [4.69, 9.17) is 0 Å². The van der Waals surface area contributed by atoms with Crippen LogP contribution in [0.25, 0.3) is 0 Å². The first-order valence-corrected chi connectivity index (χ1v) is 6.07. The number of halogens is 3. The highest BCUT2D eigenvalue weighted by molar-refractivity contribution is 5.29. The van der Waals surface area contributed by atoms with Gasteiger partial charge in [0.05, 0.1) is 11.2 Å². The van der Waals surface area contributed by atoms with Crippen molar-refractivity contribution < 1.29 is 18.3 Å². The molecule has 0 bridgehead atoms. The molecule has 19 heavy (non-hydrogen) atoms. The van der Waals surface area contributed by atoms with E-state index in [-0.39, 0.29) is 17.6 Å². The summed E-state index contributed by atoms with van der Waals surface area (Å²) in [5.74, 6) is 0. The monoisotopic (exact) mass is 275 g/mol. The fourth-order valence-electron chi connectivity index (χ4n) is 1.57. The molecule has 2 nitrogen and oxygen atoms in total. The SMILES string of the molecule is CC(C)(C)NCC(C)(O)c1cccc(C(F)(F)F)c1. The molecule has 1 aromatic carbocycles. The fraction of sp³-hybridized carbons (Fsp3) is 0.571. The van der Waals surface area contributed by atoms with Gasteiger partial charge in [-0.2, -0.15) is 13.2 Å². The normalized spacial score (nSPS) is 16.2. The average molecular weight is 275 g/mol. The highest BCUT2D eigenvalue weighted by Crippen LogP contribution is 2.32. The Bertz CT molecular complexity index is 433. The lowest BCUT2D eigenvalue weighted by molar-refractivity contribution is -0.137. The smallest absolute Gasteiger partial charge is 0.384 e. The molecule has 0 spiro atoms. The molecular formula is C14H20F3NO. The summed E-state index contributed by atoms with van der Waals surface area (Å²) >= 11 is 0. The van der Waals surface area contributed by atoms with Crippen molar-refractivity contribution in [2.45, 2.75) is 45.0 Å². The number of β-amino-alcohol motifs (C(OH)–C–C–N with tert-alkyl or cyclic N) is 1. The fourth-order valence-corrected chi connectivity index (χ4v) is 1.57. The number of hydrogen-bond acceptors (Lipinski definition) is 2. The lowest BCUT2D eigenvalue weighted by atomic mass is 9.93. The third kappa shape index (κ3) is 4.84. The van der Waals surface area contributed by atoms with Crippen LogP contribution in [-0.4, -0.2) is 17.2 Å². The summed E-state index contributed by atoms with van der Waals surface area (Å²) in [6, 6.07) is 4.80. The van der Waals surface area contributed by atoms with Crippen molar-refractivity contribution in [3.63, 3.8) is 0 Å². The Morgan fingerprint density at radius 3 is 2.05 bits per heavy atom. The second-order valence-corrected chi connectivity index (χ2v) is 5.96. The van der Waals surface area contributed by atoms with Crippen LogP contribution in [0.5, 0.6) is 0 Å². The van der Waals surface area contributed by atoms with Gasteiger partial charge in [0, 0.05) is 12.1 Å². The highest BCUT2D eigenvalue weighted by Gasteiger charge is 2.33. The van der Waals surface area contributed by atoms with Crippen LogP contribution in [0.4, 0.5) is 13.2 Å². The number of benzene rings is 1. The van der Waals surface area contributed by atoms with Gasteiger partial charge in [0.2, 0.25) is 0 Å². The summed E-state index contributed by atoms with van der Waals surface area (Å²) in [6.45, 7) is 7.46. The van der Waals surface area contributed by atoms with Crippen molar-refractivity contribution >= 4 is 0 Å². The Hall–Kier alpha value is -1.07. The highest BCUT2D eigenvalue weighted by atomic mass is 19.4. The molecule has 2 N–H and O–H groups in total. The van der Waals surface area contributed by atoms with Crippen LogP contribution in [0.3, 0.4) is 0 Å². The molecule has 0 aliphatic heterocycles. The van der Waals surface area contributed by atoms with Crippen molar-refractivity contribution in [2.75, 3.05) is 6.54 Å². The van der Waals surface area contributed by atoms with E-state index in [0.717, 1.165) is 12.1 Å². The Labute approximate surface area is 111 Å². The van der Waals surface area contributed by atoms with E-state index in [0.29, 0.717) is 0 Å². The molecule has 0 amide bonds. The van der Waals surface area contributed by atoms with Gasteiger partial charge in [0.15, 0.2) is 0 Å². The van der Waals surface area contributed by atoms with Gasteiger partial charge < -0.3 is 10.4 Å². The van der Waals surface area contributed by atoms with Crippen LogP contribution < -0.4 is 5.32 Å². The zero-order valence-corrected chi connectivity index (χ0v) is 11.6. The Morgan fingerprint density at radius 1 is 1.05 bits per heavy atom. The standard InChI is InChI=1S/C14H20F3NO/c1-12(2,3)18-9-13(4,19)10-6-5-7-11(8-10)14(15,16)17/h5-8,18-19H,9H2,1-4H3. The summed E-state index contributed by atoms with van der Waals surface area (Å²) in [6.07, 6.45) is -4.40. The van der Waals surface area contributed by atoms with E-state index in [9.17, 15) is 18.3 Å². The van der Waals surface area contributed by atoms with Crippen molar-refractivity contribution in [3.05, 3.63) is 35.4 Å². The van der Waals surface area contributed by atoms with E-state index in [1.807, 2.05) is 20.8 Å². The zero-order valence-electron chi connectivity index (χ0n) is 11.6. The minimum Gasteiger partial charge on any atom is -0.384 e. The van der Waals surface area contributed by atoms with Crippen molar-refractivity contribution in [2.24, 2.45) is 0 Å². The molecule has 0 aromatic heterocycles. The van der Waals surface area contributed by atoms with E-state index in [1.54, 1.807) is 0 Å². The molecule has 1 rings (SSSR count). The summed E-state index contributed by atoms with van der Waals surface area (Å²) in [5, 5.41) is 13.4. The van der Waals surface area contributed by atoms with Gasteiger partial charge in [-0.15, -0.1) is 0 Å². The van der Waals surface area contributed by atoms with Gasteiger partial charge in [-0.25, -0.2) is 0 Å². The molecule has 0 aliphatic rings. The van der Waals surface area contributed by atoms with Crippen LogP contribution in [-0.2, 0) is 11.8 Å². The van der Waals surface area contributed by atoms with Gasteiger partial charge in [0.1, 0.15) is 0 Å². The molecule has 108 valence electrons. The molecule has 0 aliphatic carbocycles. The molecule has 5 heteroatoms. The number of nitrogens with one attached hydrogen (secondary N) is 1. The minimum atomic E-state index is -4.40. The average Bonchev–Trinajstić information content (AvgIpc) is 2.25. The largest absolute Gasteiger partial charge is 0.416 e. The Balaban J connectivity index is 2.95. The third-order valence-corrected chi connectivity index (χ3v) is 2.77. The summed E-state index contributed by atoms with van der Waals surface area (Å²) in [4.78, 5) is 0. The molecular weight excluding hydrogens is 255 g/mol. The number of alkyl halides is 3. The predicted molar refractivity (Wildman–Crippen MR) is 68.8 cm³/mol. The molecule has 1 atom stereocenters. The number of rotatable bonds is 3. The van der Waals surface area contributed by atoms with E-state index in [1.165, 1.54) is 19.1 Å².